The van der Waals surface area contributed by atoms with E-state index in [9.17, 15) is 18.0 Å². The van der Waals surface area contributed by atoms with Gasteiger partial charge in [0.15, 0.2) is 10.1 Å². The van der Waals surface area contributed by atoms with Crippen LogP contribution in [0.2, 0.25) is 5.02 Å². The van der Waals surface area contributed by atoms with Crippen molar-refractivity contribution in [3.8, 4) is 0 Å². The van der Waals surface area contributed by atoms with Gasteiger partial charge in [0.2, 0.25) is 15.7 Å². The molecule has 1 atom stereocenters. The zero-order valence-electron chi connectivity index (χ0n) is 17.5. The van der Waals surface area contributed by atoms with Crippen molar-refractivity contribution in [1.29, 1.82) is 0 Å². The summed E-state index contributed by atoms with van der Waals surface area (Å²) in [6.07, 6.45) is 2.40. The number of hydrogen-bond acceptors (Lipinski definition) is 6. The summed E-state index contributed by atoms with van der Waals surface area (Å²) < 4.78 is 25.5. The SMILES string of the molecule is CCc1ccc(NC(=O)[C@H](CC)Sc2ncc(S(=O)(=O)c3ccc(Cl)cc3)c(=O)[nH]2)cc1. The number of aromatic amines is 1. The van der Waals surface area contributed by atoms with Crippen molar-refractivity contribution in [3.63, 3.8) is 0 Å². The lowest BCUT2D eigenvalue weighted by Crippen LogP contribution is -2.26. The molecule has 0 aliphatic rings. The lowest BCUT2D eigenvalue weighted by Gasteiger charge is -2.14. The van der Waals surface area contributed by atoms with Crippen LogP contribution in [0.3, 0.4) is 0 Å². The minimum Gasteiger partial charge on any atom is -0.325 e. The molecule has 0 unspecified atom stereocenters. The van der Waals surface area contributed by atoms with Gasteiger partial charge in [0.1, 0.15) is 0 Å². The van der Waals surface area contributed by atoms with Gasteiger partial charge in [-0.3, -0.25) is 9.59 Å². The monoisotopic (exact) mass is 491 g/mol. The number of H-pyrrole nitrogens is 1. The van der Waals surface area contributed by atoms with Crippen molar-refractivity contribution < 1.29 is 13.2 Å². The average Bonchev–Trinajstić information content (AvgIpc) is 2.78. The molecule has 0 saturated heterocycles. The molecule has 0 aliphatic heterocycles. The molecule has 1 amide bonds. The molecule has 0 aliphatic carbocycles. The second-order valence-electron chi connectivity index (χ2n) is 6.89. The van der Waals surface area contributed by atoms with Crippen LogP contribution in [0.25, 0.3) is 0 Å². The molecule has 32 heavy (non-hydrogen) atoms. The summed E-state index contributed by atoms with van der Waals surface area (Å²) in [5.41, 5.74) is 1.04. The highest BCUT2D eigenvalue weighted by Gasteiger charge is 2.24. The van der Waals surface area contributed by atoms with E-state index in [0.29, 0.717) is 17.1 Å². The zero-order chi connectivity index (χ0) is 23.3. The van der Waals surface area contributed by atoms with Crippen LogP contribution in [-0.2, 0) is 21.1 Å². The van der Waals surface area contributed by atoms with Crippen molar-refractivity contribution in [1.82, 2.24) is 9.97 Å². The standard InChI is InChI=1S/C22H22ClN3O4S2/c1-3-14-5-9-16(10-6-14)25-20(27)18(4-2)31-22-24-13-19(21(28)26-22)32(29,30)17-11-7-15(23)8-12-17/h5-13,18H,3-4H2,1-2H3,(H,25,27)(H,24,26,28)/t18-/m0/s1. The molecule has 2 aromatic carbocycles. The normalized spacial score (nSPS) is 12.3. The van der Waals surface area contributed by atoms with Gasteiger partial charge in [0, 0.05) is 10.7 Å². The molecule has 168 valence electrons. The van der Waals surface area contributed by atoms with Crippen LogP contribution >= 0.6 is 23.4 Å². The Morgan fingerprint density at radius 3 is 2.34 bits per heavy atom. The number of carbonyl (C=O) groups excluding carboxylic acids is 1. The molecule has 0 saturated carbocycles. The minimum absolute atomic E-state index is 0.0606. The lowest BCUT2D eigenvalue weighted by atomic mass is 10.1. The number of rotatable bonds is 8. The topological polar surface area (TPSA) is 109 Å². The molecule has 0 spiro atoms. The molecule has 1 heterocycles. The van der Waals surface area contributed by atoms with E-state index in [4.69, 9.17) is 11.6 Å². The molecular weight excluding hydrogens is 470 g/mol. The van der Waals surface area contributed by atoms with Gasteiger partial charge in [-0.15, -0.1) is 0 Å². The Hall–Kier alpha value is -2.62. The number of benzene rings is 2. The predicted octanol–water partition coefficient (Wildman–Crippen LogP) is 4.33. The van der Waals surface area contributed by atoms with Crippen LogP contribution in [0, 0.1) is 0 Å². The number of carbonyl (C=O) groups is 1. The Morgan fingerprint density at radius 2 is 1.78 bits per heavy atom. The first-order chi connectivity index (χ1) is 15.2. The van der Waals surface area contributed by atoms with Gasteiger partial charge in [-0.2, -0.15) is 0 Å². The number of nitrogens with zero attached hydrogens (tertiary/aromatic N) is 1. The lowest BCUT2D eigenvalue weighted by molar-refractivity contribution is -0.115. The van der Waals surface area contributed by atoms with Crippen molar-refractivity contribution >= 4 is 44.8 Å². The Morgan fingerprint density at radius 1 is 1.12 bits per heavy atom. The first-order valence-electron chi connectivity index (χ1n) is 9.91. The van der Waals surface area contributed by atoms with E-state index in [1.165, 1.54) is 29.8 Å². The van der Waals surface area contributed by atoms with Crippen LogP contribution in [0.4, 0.5) is 5.69 Å². The first-order valence-corrected chi connectivity index (χ1v) is 12.6. The average molecular weight is 492 g/mol. The van der Waals surface area contributed by atoms with Crippen molar-refractivity contribution in [2.45, 2.75) is 46.9 Å². The summed E-state index contributed by atoms with van der Waals surface area (Å²) in [5.74, 6) is -0.234. The minimum atomic E-state index is -4.05. The summed E-state index contributed by atoms with van der Waals surface area (Å²) in [5, 5.41) is 2.87. The summed E-state index contributed by atoms with van der Waals surface area (Å²) in [7, 11) is -4.05. The third-order valence-corrected chi connectivity index (χ3v) is 7.98. The number of halogens is 1. The predicted molar refractivity (Wildman–Crippen MR) is 126 cm³/mol. The zero-order valence-corrected chi connectivity index (χ0v) is 19.9. The quantitative estimate of drug-likeness (QED) is 0.358. The van der Waals surface area contributed by atoms with Gasteiger partial charge in [0.25, 0.3) is 5.56 Å². The van der Waals surface area contributed by atoms with E-state index in [1.807, 2.05) is 31.2 Å². The number of thioether (sulfide) groups is 1. The number of amides is 1. The molecule has 0 radical (unpaired) electrons. The van der Waals surface area contributed by atoms with Crippen LogP contribution in [0.1, 0.15) is 25.8 Å². The van der Waals surface area contributed by atoms with Gasteiger partial charge < -0.3 is 10.3 Å². The fraction of sp³-hybridized carbons (Fsp3) is 0.227. The maximum absolute atomic E-state index is 12.7. The molecule has 1 aromatic heterocycles. The molecule has 3 rings (SSSR count). The van der Waals surface area contributed by atoms with Crippen molar-refractivity contribution in [3.05, 3.63) is 75.7 Å². The Labute approximate surface area is 195 Å². The number of anilines is 1. The van der Waals surface area contributed by atoms with Crippen molar-refractivity contribution in [2.75, 3.05) is 5.32 Å². The molecule has 10 heteroatoms. The highest BCUT2D eigenvalue weighted by molar-refractivity contribution is 8.00. The van der Waals surface area contributed by atoms with Crippen LogP contribution < -0.4 is 10.9 Å². The summed E-state index contributed by atoms with van der Waals surface area (Å²) in [4.78, 5) is 31.2. The third-order valence-electron chi connectivity index (χ3n) is 4.70. The molecular formula is C22H22ClN3O4S2. The Kier molecular flexibility index (Phi) is 7.76. The molecule has 3 aromatic rings. The first kappa shape index (κ1) is 24.0. The van der Waals surface area contributed by atoms with E-state index < -0.39 is 25.5 Å². The van der Waals surface area contributed by atoms with Crippen LogP contribution in [0.5, 0.6) is 0 Å². The van der Waals surface area contributed by atoms with E-state index in [2.05, 4.69) is 22.2 Å². The second-order valence-corrected chi connectivity index (χ2v) is 10.4. The largest absolute Gasteiger partial charge is 0.325 e. The smallest absolute Gasteiger partial charge is 0.270 e. The van der Waals surface area contributed by atoms with Gasteiger partial charge in [-0.1, -0.05) is 49.3 Å². The Balaban J connectivity index is 1.76. The second kappa shape index (κ2) is 10.3. The highest BCUT2D eigenvalue weighted by Crippen LogP contribution is 2.24. The maximum atomic E-state index is 12.7. The fourth-order valence-electron chi connectivity index (χ4n) is 2.86. The molecule has 2 N–H and O–H groups in total. The number of nitrogens with one attached hydrogen (secondary N) is 2. The number of aromatic nitrogens is 2. The molecule has 7 nitrogen and oxygen atoms in total. The number of hydrogen-bond donors (Lipinski definition) is 2. The molecule has 0 fully saturated rings. The fourth-order valence-corrected chi connectivity index (χ4v) is 5.09. The third kappa shape index (κ3) is 5.59. The van der Waals surface area contributed by atoms with E-state index >= 15 is 0 Å². The van der Waals surface area contributed by atoms with E-state index in [0.717, 1.165) is 24.4 Å². The van der Waals surface area contributed by atoms with Crippen LogP contribution in [-0.4, -0.2) is 29.5 Å². The Bertz CT molecular complexity index is 1260. The maximum Gasteiger partial charge on any atom is 0.270 e. The van der Waals surface area contributed by atoms with E-state index in [-0.39, 0.29) is 16.0 Å². The van der Waals surface area contributed by atoms with Gasteiger partial charge >= 0.3 is 0 Å². The highest BCUT2D eigenvalue weighted by atomic mass is 35.5. The number of sulfone groups is 1. The van der Waals surface area contributed by atoms with Gasteiger partial charge in [0.05, 0.1) is 16.3 Å². The van der Waals surface area contributed by atoms with Crippen LogP contribution in [0.15, 0.2) is 74.5 Å². The van der Waals surface area contributed by atoms with Gasteiger partial charge in [-0.25, -0.2) is 13.4 Å². The number of aryl methyl sites for hydroxylation is 1. The summed E-state index contributed by atoms with van der Waals surface area (Å²) >= 11 is 6.87. The summed E-state index contributed by atoms with van der Waals surface area (Å²) in [6, 6.07) is 13.1. The van der Waals surface area contributed by atoms with Gasteiger partial charge in [-0.05, 0) is 54.8 Å². The van der Waals surface area contributed by atoms with Crippen molar-refractivity contribution in [2.24, 2.45) is 0 Å². The molecule has 0 bridgehead atoms. The van der Waals surface area contributed by atoms with E-state index in [1.54, 1.807) is 0 Å². The summed E-state index contributed by atoms with van der Waals surface area (Å²) in [6.45, 7) is 3.89.